The molecule has 4 rings (SSSR count). The highest BCUT2D eigenvalue weighted by molar-refractivity contribution is 5.90. The zero-order chi connectivity index (χ0) is 19.6. The van der Waals surface area contributed by atoms with Crippen LogP contribution in [0.15, 0.2) is 90.1 Å². The van der Waals surface area contributed by atoms with Gasteiger partial charge < -0.3 is 0 Å². The maximum absolute atomic E-state index is 13.6. The molecule has 0 N–H and O–H groups in total. The average Bonchev–Trinajstić information content (AvgIpc) is 3.38. The van der Waals surface area contributed by atoms with Crippen LogP contribution >= 0.6 is 0 Å². The molecule has 0 saturated heterocycles. The van der Waals surface area contributed by atoms with Crippen LogP contribution < -0.4 is 0 Å². The van der Waals surface area contributed by atoms with Crippen LogP contribution in [0.1, 0.15) is 25.0 Å². The summed E-state index contributed by atoms with van der Waals surface area (Å²) in [6, 6.07) is 20.2. The summed E-state index contributed by atoms with van der Waals surface area (Å²) in [7, 11) is 0. The van der Waals surface area contributed by atoms with Crippen molar-refractivity contribution < 1.29 is 9.28 Å². The van der Waals surface area contributed by atoms with E-state index >= 15 is 0 Å². The molecule has 0 saturated carbocycles. The number of allylic oxidation sites excluding steroid dienone is 1. The van der Waals surface area contributed by atoms with Gasteiger partial charge >= 0.3 is 6.03 Å². The standard InChI is InChI=1S/C23H23N4O/c1-18(2)27(23(28)26-14-13-24-16-26)17-25-21(15-19-9-5-3-6-10-19)22(27)20-11-7-4-8-12-20/h3-14,16-18H,15H2,1-2H3/q+1. The first-order valence-electron chi connectivity index (χ1n) is 9.42. The molecule has 3 aromatic rings. The van der Waals surface area contributed by atoms with E-state index in [1.165, 1.54) is 5.56 Å². The maximum Gasteiger partial charge on any atom is 0.439 e. The summed E-state index contributed by atoms with van der Waals surface area (Å²) in [5.41, 5.74) is 4.02. The number of hydrogen-bond acceptors (Lipinski definition) is 3. The number of hydrogen-bond donors (Lipinski definition) is 0. The van der Waals surface area contributed by atoms with Crippen molar-refractivity contribution in [1.29, 1.82) is 0 Å². The van der Waals surface area contributed by atoms with Crippen molar-refractivity contribution in [2.75, 3.05) is 0 Å². The number of nitrogens with zero attached hydrogens (tertiary/aromatic N) is 4. The van der Waals surface area contributed by atoms with E-state index in [0.29, 0.717) is 6.42 Å². The Morgan fingerprint density at radius 2 is 1.71 bits per heavy atom. The number of benzene rings is 2. The van der Waals surface area contributed by atoms with Crippen LogP contribution in [0, 0.1) is 0 Å². The van der Waals surface area contributed by atoms with Crippen molar-refractivity contribution in [3.8, 4) is 0 Å². The third-order valence-electron chi connectivity index (χ3n) is 5.16. The van der Waals surface area contributed by atoms with Crippen molar-refractivity contribution in [2.24, 2.45) is 4.99 Å². The average molecular weight is 371 g/mol. The fourth-order valence-electron chi connectivity index (χ4n) is 3.71. The van der Waals surface area contributed by atoms with E-state index < -0.39 is 0 Å². The molecule has 1 atom stereocenters. The van der Waals surface area contributed by atoms with Gasteiger partial charge in [0, 0.05) is 24.4 Å². The summed E-state index contributed by atoms with van der Waals surface area (Å²) in [6.07, 6.45) is 7.32. The van der Waals surface area contributed by atoms with Gasteiger partial charge in [-0.15, -0.1) is 0 Å². The molecule has 2 aromatic carbocycles. The number of aromatic nitrogens is 2. The molecule has 5 heteroatoms. The number of rotatable bonds is 4. The molecule has 0 spiro atoms. The molecular weight excluding hydrogens is 348 g/mol. The lowest BCUT2D eigenvalue weighted by molar-refractivity contribution is -0.696. The van der Waals surface area contributed by atoms with Gasteiger partial charge in [-0.25, -0.2) is 19.3 Å². The molecule has 0 aliphatic carbocycles. The largest absolute Gasteiger partial charge is 0.439 e. The first kappa shape index (κ1) is 18.1. The Kier molecular flexibility index (Phi) is 4.75. The van der Waals surface area contributed by atoms with Crippen molar-refractivity contribution in [2.45, 2.75) is 26.3 Å². The van der Waals surface area contributed by atoms with E-state index in [1.807, 2.05) is 48.5 Å². The van der Waals surface area contributed by atoms with Gasteiger partial charge in [-0.3, -0.25) is 0 Å². The zero-order valence-corrected chi connectivity index (χ0v) is 16.1. The van der Waals surface area contributed by atoms with Gasteiger partial charge in [-0.05, 0) is 31.5 Å². The van der Waals surface area contributed by atoms with Crippen molar-refractivity contribution in [1.82, 2.24) is 9.55 Å². The Bertz CT molecular complexity index is 1020. The highest BCUT2D eigenvalue weighted by Gasteiger charge is 2.49. The minimum Gasteiger partial charge on any atom is -0.245 e. The van der Waals surface area contributed by atoms with E-state index in [2.05, 4.69) is 31.0 Å². The lowest BCUT2D eigenvalue weighted by Crippen LogP contribution is -2.55. The maximum atomic E-state index is 13.6. The van der Waals surface area contributed by atoms with Crippen molar-refractivity contribution >= 4 is 18.1 Å². The fourth-order valence-corrected chi connectivity index (χ4v) is 3.71. The molecule has 1 unspecified atom stereocenters. The highest BCUT2D eigenvalue weighted by atomic mass is 16.2. The normalized spacial score (nSPS) is 18.8. The van der Waals surface area contributed by atoms with Crippen molar-refractivity contribution in [3.05, 3.63) is 96.2 Å². The Hall–Kier alpha value is -3.31. The van der Waals surface area contributed by atoms with Crippen LogP contribution in [0.4, 0.5) is 4.79 Å². The number of imidazole rings is 1. The first-order chi connectivity index (χ1) is 13.6. The predicted octanol–water partition coefficient (Wildman–Crippen LogP) is 4.73. The van der Waals surface area contributed by atoms with Gasteiger partial charge in [0.2, 0.25) is 6.34 Å². The second-order valence-corrected chi connectivity index (χ2v) is 7.19. The smallest absolute Gasteiger partial charge is 0.245 e. The Morgan fingerprint density at radius 3 is 2.32 bits per heavy atom. The van der Waals surface area contributed by atoms with Gasteiger partial charge in [0.25, 0.3) is 0 Å². The lowest BCUT2D eigenvalue weighted by atomic mass is 10.0. The number of quaternary nitrogens is 1. The second-order valence-electron chi connectivity index (χ2n) is 7.19. The van der Waals surface area contributed by atoms with Gasteiger partial charge in [0.1, 0.15) is 18.1 Å². The van der Waals surface area contributed by atoms with Gasteiger partial charge in [0.15, 0.2) is 5.70 Å². The topological polar surface area (TPSA) is 47.2 Å². The van der Waals surface area contributed by atoms with Crippen LogP contribution in [0.3, 0.4) is 0 Å². The molecule has 28 heavy (non-hydrogen) atoms. The fraction of sp³-hybridized carbons (Fsp3) is 0.174. The number of amides is 1. The summed E-state index contributed by atoms with van der Waals surface area (Å²) in [6.45, 7) is 4.10. The highest BCUT2D eigenvalue weighted by Crippen LogP contribution is 2.39. The van der Waals surface area contributed by atoms with E-state index in [-0.39, 0.29) is 16.6 Å². The molecule has 1 aliphatic rings. The molecule has 1 amide bonds. The Morgan fingerprint density at radius 1 is 1.04 bits per heavy atom. The summed E-state index contributed by atoms with van der Waals surface area (Å²) in [4.78, 5) is 22.5. The number of aliphatic imine (C=N–C) groups is 1. The molecule has 1 aliphatic heterocycles. The molecular formula is C23H23N4O+. The minimum absolute atomic E-state index is 0.0258. The molecule has 1 aromatic heterocycles. The summed E-state index contributed by atoms with van der Waals surface area (Å²) in [5.74, 6) is 0. The third kappa shape index (κ3) is 3.00. The minimum atomic E-state index is -0.0850. The SMILES string of the molecule is CC(C)[N+]1(C(=O)n2ccnc2)C=NC(Cc2ccccc2)=C1c1ccccc1. The molecule has 0 radical (unpaired) electrons. The van der Waals surface area contributed by atoms with E-state index in [0.717, 1.165) is 17.0 Å². The van der Waals surface area contributed by atoms with E-state index in [9.17, 15) is 4.79 Å². The van der Waals surface area contributed by atoms with Crippen LogP contribution in [0.2, 0.25) is 0 Å². The Labute approximate surface area is 164 Å². The van der Waals surface area contributed by atoms with Gasteiger partial charge in [0.05, 0.1) is 0 Å². The van der Waals surface area contributed by atoms with E-state index in [1.54, 1.807) is 29.6 Å². The summed E-state index contributed by atoms with van der Waals surface area (Å²) >= 11 is 0. The first-order valence-corrected chi connectivity index (χ1v) is 9.42. The molecule has 5 nitrogen and oxygen atoms in total. The Balaban J connectivity index is 1.90. The molecule has 0 bridgehead atoms. The molecule has 0 fully saturated rings. The second kappa shape index (κ2) is 7.37. The van der Waals surface area contributed by atoms with Crippen LogP contribution in [0.25, 0.3) is 5.70 Å². The summed E-state index contributed by atoms with van der Waals surface area (Å²) in [5, 5.41) is 0. The number of carbonyl (C=O) groups is 1. The van der Waals surface area contributed by atoms with Crippen LogP contribution in [0.5, 0.6) is 0 Å². The quantitative estimate of drug-likeness (QED) is 0.623. The van der Waals surface area contributed by atoms with Gasteiger partial charge in [-0.1, -0.05) is 48.5 Å². The zero-order valence-electron chi connectivity index (χ0n) is 16.1. The molecule has 140 valence electrons. The number of carbonyl (C=O) groups excluding carboxylic acids is 1. The van der Waals surface area contributed by atoms with Gasteiger partial charge in [-0.2, -0.15) is 4.48 Å². The van der Waals surface area contributed by atoms with E-state index in [4.69, 9.17) is 4.99 Å². The predicted molar refractivity (Wildman–Crippen MR) is 110 cm³/mol. The van der Waals surface area contributed by atoms with Crippen molar-refractivity contribution in [3.63, 3.8) is 0 Å². The lowest BCUT2D eigenvalue weighted by Gasteiger charge is -2.33. The summed E-state index contributed by atoms with van der Waals surface area (Å²) < 4.78 is 1.57. The van der Waals surface area contributed by atoms with Crippen LogP contribution in [-0.4, -0.2) is 32.4 Å². The monoisotopic (exact) mass is 371 g/mol. The molecule has 2 heterocycles. The third-order valence-corrected chi connectivity index (χ3v) is 5.16. The van der Waals surface area contributed by atoms with Crippen LogP contribution in [-0.2, 0) is 6.42 Å².